The van der Waals surface area contributed by atoms with Gasteiger partial charge in [0.15, 0.2) is 11.5 Å². The molecule has 0 radical (unpaired) electrons. The van der Waals surface area contributed by atoms with E-state index in [1.807, 2.05) is 0 Å². The first-order chi connectivity index (χ1) is 6.15. The predicted molar refractivity (Wildman–Crippen MR) is 52.0 cm³/mol. The van der Waals surface area contributed by atoms with E-state index in [1.165, 1.54) is 14.0 Å². The van der Waals surface area contributed by atoms with Crippen molar-refractivity contribution in [1.82, 2.24) is 0 Å². The molecule has 0 atom stereocenters. The van der Waals surface area contributed by atoms with Crippen molar-refractivity contribution in [3.63, 3.8) is 0 Å². The number of methoxy groups -OCH3 is 1. The van der Waals surface area contributed by atoms with Gasteiger partial charge in [0.05, 0.1) is 11.6 Å². The molecule has 0 fully saturated rings. The second-order valence-corrected chi connectivity index (χ2v) is 3.22. The minimum atomic E-state index is -0.370. The molecule has 4 heteroatoms. The summed E-state index contributed by atoms with van der Waals surface area (Å²) < 4.78 is 10.7. The van der Waals surface area contributed by atoms with Gasteiger partial charge >= 0.3 is 5.97 Å². The first-order valence-electron chi connectivity index (χ1n) is 3.66. The lowest BCUT2D eigenvalue weighted by atomic mass is 10.3. The summed E-state index contributed by atoms with van der Waals surface area (Å²) in [7, 11) is 1.52. The standard InChI is InChI=1S/C9H9BrO3/c1-6(11)13-9-7(10)4-3-5-8(9)12-2/h3-5H,1-2H3. The van der Waals surface area contributed by atoms with Crippen LogP contribution >= 0.6 is 15.9 Å². The van der Waals surface area contributed by atoms with Gasteiger partial charge < -0.3 is 9.47 Å². The fraction of sp³-hybridized carbons (Fsp3) is 0.222. The molecule has 1 aromatic carbocycles. The summed E-state index contributed by atoms with van der Waals surface area (Å²) in [6, 6.07) is 5.31. The molecule has 0 aliphatic carbocycles. The molecule has 0 aliphatic rings. The Kier molecular flexibility index (Phi) is 3.31. The maximum absolute atomic E-state index is 10.7. The Hall–Kier alpha value is -1.03. The quantitative estimate of drug-likeness (QED) is 0.592. The number of carbonyl (C=O) groups excluding carboxylic acids is 1. The Bertz CT molecular complexity index is 323. The average molecular weight is 245 g/mol. The summed E-state index contributed by atoms with van der Waals surface area (Å²) >= 11 is 3.26. The van der Waals surface area contributed by atoms with Crippen molar-refractivity contribution in [2.45, 2.75) is 6.92 Å². The molecule has 1 aromatic rings. The highest BCUT2D eigenvalue weighted by atomic mass is 79.9. The van der Waals surface area contributed by atoms with Crippen LogP contribution in [0.15, 0.2) is 22.7 Å². The van der Waals surface area contributed by atoms with Gasteiger partial charge in [0, 0.05) is 6.92 Å². The van der Waals surface area contributed by atoms with E-state index in [0.717, 1.165) is 0 Å². The van der Waals surface area contributed by atoms with Crippen LogP contribution in [-0.2, 0) is 4.79 Å². The van der Waals surface area contributed by atoms with Crippen LogP contribution < -0.4 is 9.47 Å². The first-order valence-corrected chi connectivity index (χ1v) is 4.45. The molecule has 0 heterocycles. The molecule has 0 N–H and O–H groups in total. The number of rotatable bonds is 2. The monoisotopic (exact) mass is 244 g/mol. The highest BCUT2D eigenvalue weighted by molar-refractivity contribution is 9.10. The Morgan fingerprint density at radius 2 is 2.15 bits per heavy atom. The molecule has 0 unspecified atom stereocenters. The molecular formula is C9H9BrO3. The number of carbonyl (C=O) groups is 1. The van der Waals surface area contributed by atoms with Crippen LogP contribution in [0.3, 0.4) is 0 Å². The van der Waals surface area contributed by atoms with Crippen LogP contribution in [0.25, 0.3) is 0 Å². The molecule has 0 aromatic heterocycles. The van der Waals surface area contributed by atoms with Gasteiger partial charge in [0.2, 0.25) is 0 Å². The van der Waals surface area contributed by atoms with Crippen molar-refractivity contribution in [2.24, 2.45) is 0 Å². The minimum Gasteiger partial charge on any atom is -0.493 e. The summed E-state index contributed by atoms with van der Waals surface area (Å²) in [4.78, 5) is 10.7. The number of esters is 1. The summed E-state index contributed by atoms with van der Waals surface area (Å²) in [6.07, 6.45) is 0. The van der Waals surface area contributed by atoms with Crippen LogP contribution in [0.1, 0.15) is 6.92 Å². The number of ether oxygens (including phenoxy) is 2. The number of benzene rings is 1. The zero-order valence-electron chi connectivity index (χ0n) is 7.33. The second-order valence-electron chi connectivity index (χ2n) is 2.36. The summed E-state index contributed by atoms with van der Waals surface area (Å²) in [5.74, 6) is 0.576. The van der Waals surface area contributed by atoms with E-state index in [1.54, 1.807) is 18.2 Å². The van der Waals surface area contributed by atoms with Crippen LogP contribution in [0.4, 0.5) is 0 Å². The SMILES string of the molecule is COc1cccc(Br)c1OC(C)=O. The number of para-hydroxylation sites is 1. The van der Waals surface area contributed by atoms with Gasteiger partial charge in [0.1, 0.15) is 0 Å². The molecule has 3 nitrogen and oxygen atoms in total. The lowest BCUT2D eigenvalue weighted by Gasteiger charge is -2.08. The highest BCUT2D eigenvalue weighted by Gasteiger charge is 2.09. The van der Waals surface area contributed by atoms with Crippen molar-refractivity contribution < 1.29 is 14.3 Å². The number of hydrogen-bond acceptors (Lipinski definition) is 3. The van der Waals surface area contributed by atoms with E-state index in [9.17, 15) is 4.79 Å². The third-order valence-electron chi connectivity index (χ3n) is 1.40. The van der Waals surface area contributed by atoms with Crippen LogP contribution in [-0.4, -0.2) is 13.1 Å². The van der Waals surface area contributed by atoms with Crippen LogP contribution in [0, 0.1) is 0 Å². The molecule has 1 rings (SSSR count). The van der Waals surface area contributed by atoms with E-state index in [2.05, 4.69) is 15.9 Å². The van der Waals surface area contributed by atoms with Gasteiger partial charge in [-0.25, -0.2) is 0 Å². The maximum Gasteiger partial charge on any atom is 0.308 e. The van der Waals surface area contributed by atoms with Gasteiger partial charge in [-0.1, -0.05) is 6.07 Å². The van der Waals surface area contributed by atoms with E-state index in [0.29, 0.717) is 16.0 Å². The Labute approximate surface area is 84.8 Å². The molecule has 13 heavy (non-hydrogen) atoms. The second kappa shape index (κ2) is 4.28. The molecule has 0 spiro atoms. The van der Waals surface area contributed by atoms with Crippen LogP contribution in [0.5, 0.6) is 11.5 Å². The third kappa shape index (κ3) is 2.45. The minimum absolute atomic E-state index is 0.370. The molecule has 0 amide bonds. The Balaban J connectivity index is 3.07. The van der Waals surface area contributed by atoms with Gasteiger partial charge in [0.25, 0.3) is 0 Å². The summed E-state index contributed by atoms with van der Waals surface area (Å²) in [6.45, 7) is 1.35. The molecule has 0 saturated heterocycles. The van der Waals surface area contributed by atoms with E-state index < -0.39 is 0 Å². The van der Waals surface area contributed by atoms with Crippen molar-refractivity contribution in [2.75, 3.05) is 7.11 Å². The predicted octanol–water partition coefficient (Wildman–Crippen LogP) is 2.38. The highest BCUT2D eigenvalue weighted by Crippen LogP contribution is 2.34. The van der Waals surface area contributed by atoms with E-state index in [4.69, 9.17) is 9.47 Å². The fourth-order valence-corrected chi connectivity index (χ4v) is 1.32. The molecule has 0 bridgehead atoms. The van der Waals surface area contributed by atoms with Gasteiger partial charge in [-0.3, -0.25) is 4.79 Å². The lowest BCUT2D eigenvalue weighted by molar-refractivity contribution is -0.132. The normalized spacial score (nSPS) is 9.46. The van der Waals surface area contributed by atoms with Crippen molar-refractivity contribution in [3.05, 3.63) is 22.7 Å². The summed E-state index contributed by atoms with van der Waals surface area (Å²) in [5.41, 5.74) is 0. The topological polar surface area (TPSA) is 35.5 Å². The molecular weight excluding hydrogens is 236 g/mol. The molecule has 0 aliphatic heterocycles. The van der Waals surface area contributed by atoms with Gasteiger partial charge in [-0.2, -0.15) is 0 Å². The third-order valence-corrected chi connectivity index (χ3v) is 2.02. The number of halogens is 1. The Morgan fingerprint density at radius 1 is 1.46 bits per heavy atom. The van der Waals surface area contributed by atoms with E-state index in [-0.39, 0.29) is 5.97 Å². The fourth-order valence-electron chi connectivity index (χ4n) is 0.893. The van der Waals surface area contributed by atoms with E-state index >= 15 is 0 Å². The van der Waals surface area contributed by atoms with Gasteiger partial charge in [-0.05, 0) is 28.1 Å². The molecule has 0 saturated carbocycles. The maximum atomic E-state index is 10.7. The van der Waals surface area contributed by atoms with Crippen molar-refractivity contribution >= 4 is 21.9 Å². The average Bonchev–Trinajstić information content (AvgIpc) is 2.08. The van der Waals surface area contributed by atoms with Crippen LogP contribution in [0.2, 0.25) is 0 Å². The number of hydrogen-bond donors (Lipinski definition) is 0. The van der Waals surface area contributed by atoms with Gasteiger partial charge in [-0.15, -0.1) is 0 Å². The molecule has 70 valence electrons. The Morgan fingerprint density at radius 3 is 2.69 bits per heavy atom. The van der Waals surface area contributed by atoms with Crippen molar-refractivity contribution in [1.29, 1.82) is 0 Å². The largest absolute Gasteiger partial charge is 0.493 e. The zero-order valence-corrected chi connectivity index (χ0v) is 8.92. The zero-order chi connectivity index (χ0) is 9.84. The lowest BCUT2D eigenvalue weighted by Crippen LogP contribution is -2.03. The smallest absolute Gasteiger partial charge is 0.308 e. The summed E-state index contributed by atoms with van der Waals surface area (Å²) in [5, 5.41) is 0. The first kappa shape index (κ1) is 10.1. The van der Waals surface area contributed by atoms with Crippen molar-refractivity contribution in [3.8, 4) is 11.5 Å².